The highest BCUT2D eigenvalue weighted by Crippen LogP contribution is 2.40. The highest BCUT2D eigenvalue weighted by atomic mass is 32.1. The van der Waals surface area contributed by atoms with Crippen LogP contribution >= 0.6 is 11.3 Å². The number of anilines is 2. The van der Waals surface area contributed by atoms with E-state index in [1.54, 1.807) is 0 Å². The number of aromatic nitrogens is 1. The second-order valence-electron chi connectivity index (χ2n) is 8.01. The van der Waals surface area contributed by atoms with E-state index in [-0.39, 0.29) is 0 Å². The summed E-state index contributed by atoms with van der Waals surface area (Å²) in [6, 6.07) is 31.7. The van der Waals surface area contributed by atoms with Crippen molar-refractivity contribution in [2.45, 2.75) is 6.54 Å². The minimum atomic E-state index is 0.408. The van der Waals surface area contributed by atoms with Gasteiger partial charge in [-0.3, -0.25) is 4.98 Å². The second-order valence-corrected chi connectivity index (χ2v) is 9.06. The molecule has 0 saturated carbocycles. The summed E-state index contributed by atoms with van der Waals surface area (Å²) in [6.07, 6.45) is 1.84. The van der Waals surface area contributed by atoms with Crippen LogP contribution in [0.15, 0.2) is 97.2 Å². The topological polar surface area (TPSA) is 29.3 Å². The van der Waals surface area contributed by atoms with E-state index in [1.165, 1.54) is 31.3 Å². The van der Waals surface area contributed by atoms with Crippen LogP contribution in [0.4, 0.5) is 11.4 Å². The van der Waals surface area contributed by atoms with E-state index in [2.05, 4.69) is 75.8 Å². The molecule has 4 aromatic carbocycles. The first-order valence-corrected chi connectivity index (χ1v) is 11.6. The molecule has 6 rings (SSSR count). The van der Waals surface area contributed by atoms with Gasteiger partial charge < -0.3 is 10.2 Å². The van der Waals surface area contributed by atoms with Crippen molar-refractivity contribution in [3.8, 4) is 11.1 Å². The minimum absolute atomic E-state index is 0.408. The lowest BCUT2D eigenvalue weighted by Gasteiger charge is -2.11. The smallest absolute Gasteiger partial charge is 0.239 e. The van der Waals surface area contributed by atoms with Crippen LogP contribution in [0.3, 0.4) is 0 Å². The highest BCUT2D eigenvalue weighted by Gasteiger charge is 2.12. The quantitative estimate of drug-likeness (QED) is 0.278. The number of benzene rings is 4. The van der Waals surface area contributed by atoms with Gasteiger partial charge in [-0.15, -0.1) is 11.3 Å². The molecule has 0 atom stereocenters. The number of nitrogens with one attached hydrogen (secondary N) is 1. The third-order valence-electron chi connectivity index (χ3n) is 5.95. The summed E-state index contributed by atoms with van der Waals surface area (Å²) < 4.78 is 2.62. The standard InChI is InChI=1S/C29H19N3S/c1-30-18-19-9-12-21(13-10-19)32-27-15-16-31-26-14-11-20(17-25(26)27)22-6-4-7-24-23-5-2-3-8-28(23)33-29(22)24/h2-17H,18H2,(H,31,32). The SMILES string of the molecule is [C-]#[N+]Cc1ccc(Nc2ccnc3ccc(-c4cccc5c4sc4ccccc45)cc23)cc1. The van der Waals surface area contributed by atoms with Gasteiger partial charge in [-0.05, 0) is 59.7 Å². The first-order valence-electron chi connectivity index (χ1n) is 10.8. The Bertz CT molecular complexity index is 1670. The number of hydrogen-bond donors (Lipinski definition) is 1. The summed E-state index contributed by atoms with van der Waals surface area (Å²) in [5.74, 6) is 0. The van der Waals surface area contributed by atoms with Crippen LogP contribution in [0, 0.1) is 6.57 Å². The van der Waals surface area contributed by atoms with Gasteiger partial charge in [0.25, 0.3) is 0 Å². The van der Waals surface area contributed by atoms with Crippen LogP contribution in [0.1, 0.15) is 5.56 Å². The fourth-order valence-electron chi connectivity index (χ4n) is 4.34. The van der Waals surface area contributed by atoms with E-state index in [0.717, 1.165) is 27.8 Å². The molecule has 0 aliphatic heterocycles. The zero-order valence-corrected chi connectivity index (χ0v) is 18.6. The molecule has 2 heterocycles. The van der Waals surface area contributed by atoms with Gasteiger partial charge in [0.05, 0.1) is 5.52 Å². The molecule has 0 amide bonds. The van der Waals surface area contributed by atoms with E-state index < -0.39 is 0 Å². The molecule has 0 bridgehead atoms. The van der Waals surface area contributed by atoms with Gasteiger partial charge in [0.15, 0.2) is 0 Å². The number of rotatable bonds is 4. The maximum atomic E-state index is 7.04. The monoisotopic (exact) mass is 441 g/mol. The van der Waals surface area contributed by atoms with Crippen LogP contribution in [0.25, 0.3) is 47.0 Å². The molecule has 2 aromatic heterocycles. The van der Waals surface area contributed by atoms with Crippen LogP contribution in [0.2, 0.25) is 0 Å². The molecule has 156 valence electrons. The summed E-state index contributed by atoms with van der Waals surface area (Å²) in [5, 5.41) is 7.23. The number of pyridine rings is 1. The van der Waals surface area contributed by atoms with Crippen LogP contribution < -0.4 is 5.32 Å². The van der Waals surface area contributed by atoms with Crippen LogP contribution in [-0.2, 0) is 6.54 Å². The van der Waals surface area contributed by atoms with Gasteiger partial charge in [-0.2, -0.15) is 0 Å². The van der Waals surface area contributed by atoms with Crippen molar-refractivity contribution in [3.05, 3.63) is 114 Å². The van der Waals surface area contributed by atoms with Crippen molar-refractivity contribution < 1.29 is 0 Å². The summed E-state index contributed by atoms with van der Waals surface area (Å²) in [5.41, 5.74) is 6.42. The van der Waals surface area contributed by atoms with E-state index in [4.69, 9.17) is 6.57 Å². The normalized spacial score (nSPS) is 11.1. The molecule has 0 fully saturated rings. The van der Waals surface area contributed by atoms with E-state index in [1.807, 2.05) is 47.9 Å². The Hall–Kier alpha value is -4.20. The van der Waals surface area contributed by atoms with Gasteiger partial charge in [0.2, 0.25) is 6.54 Å². The van der Waals surface area contributed by atoms with E-state index in [0.29, 0.717) is 6.54 Å². The average molecular weight is 442 g/mol. The average Bonchev–Trinajstić information content (AvgIpc) is 3.24. The predicted octanol–water partition coefficient (Wildman–Crippen LogP) is 8.43. The molecular formula is C29H19N3S. The van der Waals surface area contributed by atoms with Crippen molar-refractivity contribution in [3.63, 3.8) is 0 Å². The Kier molecular flexibility index (Phi) is 4.75. The summed E-state index contributed by atoms with van der Waals surface area (Å²) >= 11 is 1.85. The van der Waals surface area contributed by atoms with Gasteiger partial charge in [0.1, 0.15) is 0 Å². The lowest BCUT2D eigenvalue weighted by atomic mass is 10.0. The Labute approximate surface area is 195 Å². The van der Waals surface area contributed by atoms with Crippen molar-refractivity contribution >= 4 is 53.8 Å². The highest BCUT2D eigenvalue weighted by molar-refractivity contribution is 7.26. The maximum Gasteiger partial charge on any atom is 0.239 e. The van der Waals surface area contributed by atoms with Gasteiger partial charge in [-0.25, -0.2) is 6.57 Å². The van der Waals surface area contributed by atoms with Gasteiger partial charge in [0, 0.05) is 48.7 Å². The lowest BCUT2D eigenvalue weighted by molar-refractivity contribution is 1.27. The van der Waals surface area contributed by atoms with Crippen LogP contribution in [-0.4, -0.2) is 4.98 Å². The summed E-state index contributed by atoms with van der Waals surface area (Å²) in [4.78, 5) is 8.04. The molecule has 0 unspecified atom stereocenters. The van der Waals surface area contributed by atoms with Crippen molar-refractivity contribution in [1.29, 1.82) is 0 Å². The molecule has 33 heavy (non-hydrogen) atoms. The summed E-state index contributed by atoms with van der Waals surface area (Å²) in [6.45, 7) is 7.45. The van der Waals surface area contributed by atoms with Gasteiger partial charge >= 0.3 is 0 Å². The van der Waals surface area contributed by atoms with E-state index >= 15 is 0 Å². The van der Waals surface area contributed by atoms with Gasteiger partial charge in [-0.1, -0.05) is 42.5 Å². The third-order valence-corrected chi connectivity index (χ3v) is 7.17. The van der Waals surface area contributed by atoms with Crippen LogP contribution in [0.5, 0.6) is 0 Å². The second kappa shape index (κ2) is 8.05. The molecule has 0 aliphatic carbocycles. The molecule has 4 heteroatoms. The Balaban J connectivity index is 1.46. The molecule has 6 aromatic rings. The number of hydrogen-bond acceptors (Lipinski definition) is 3. The first kappa shape index (κ1) is 19.5. The number of nitrogens with zero attached hydrogens (tertiary/aromatic N) is 2. The molecule has 0 radical (unpaired) electrons. The third kappa shape index (κ3) is 3.49. The zero-order valence-electron chi connectivity index (χ0n) is 17.7. The van der Waals surface area contributed by atoms with Crippen molar-refractivity contribution in [2.24, 2.45) is 0 Å². The Morgan fingerprint density at radius 1 is 0.818 bits per heavy atom. The predicted molar refractivity (Wildman–Crippen MR) is 140 cm³/mol. The number of thiophene rings is 1. The number of fused-ring (bicyclic) bond motifs is 4. The largest absolute Gasteiger partial charge is 0.355 e. The van der Waals surface area contributed by atoms with E-state index in [9.17, 15) is 0 Å². The summed E-state index contributed by atoms with van der Waals surface area (Å²) in [7, 11) is 0. The molecule has 3 nitrogen and oxygen atoms in total. The molecule has 0 aliphatic rings. The minimum Gasteiger partial charge on any atom is -0.355 e. The molecule has 0 saturated heterocycles. The first-order chi connectivity index (χ1) is 16.3. The van der Waals surface area contributed by atoms with Crippen molar-refractivity contribution in [1.82, 2.24) is 4.98 Å². The maximum absolute atomic E-state index is 7.04. The fraction of sp³-hybridized carbons (Fsp3) is 0.0345. The lowest BCUT2D eigenvalue weighted by Crippen LogP contribution is -1.93. The Morgan fingerprint density at radius 2 is 1.67 bits per heavy atom. The molecular weight excluding hydrogens is 422 g/mol. The zero-order chi connectivity index (χ0) is 22.2. The fourth-order valence-corrected chi connectivity index (χ4v) is 5.58. The molecule has 0 spiro atoms. The Morgan fingerprint density at radius 3 is 2.55 bits per heavy atom. The molecule has 1 N–H and O–H groups in total. The van der Waals surface area contributed by atoms with Crippen molar-refractivity contribution in [2.75, 3.05) is 5.32 Å².